The maximum Gasteiger partial charge on any atom is 0.408 e. The molecule has 0 aliphatic rings. The van der Waals surface area contributed by atoms with Crippen molar-refractivity contribution in [2.45, 2.75) is 45.3 Å². The third kappa shape index (κ3) is 7.49. The van der Waals surface area contributed by atoms with E-state index in [1.54, 1.807) is 32.9 Å². The van der Waals surface area contributed by atoms with Gasteiger partial charge in [0.25, 0.3) is 0 Å². The highest BCUT2D eigenvalue weighted by Gasteiger charge is 2.24. The summed E-state index contributed by atoms with van der Waals surface area (Å²) in [6.45, 7) is 5.40. The molecule has 0 aliphatic carbocycles. The highest BCUT2D eigenvalue weighted by Crippen LogP contribution is 2.12. The van der Waals surface area contributed by atoms with Gasteiger partial charge in [-0.25, -0.2) is 4.79 Å². The molecule has 1 aromatic carbocycles. The second kappa shape index (κ2) is 8.77. The average Bonchev–Trinajstić information content (AvgIpc) is 2.47. The number of ether oxygens (including phenoxy) is 1. The quantitative estimate of drug-likeness (QED) is 0.688. The molecule has 1 rings (SSSR count). The first-order chi connectivity index (χ1) is 11.2. The van der Waals surface area contributed by atoms with Crippen LogP contribution in [0.4, 0.5) is 4.79 Å². The molecular formula is C17H23N3O4. The fraction of sp³-hybridized carbons (Fsp3) is 0.471. The number of rotatable bonds is 6. The van der Waals surface area contributed by atoms with Crippen molar-refractivity contribution < 1.29 is 19.4 Å². The van der Waals surface area contributed by atoms with Gasteiger partial charge in [0.05, 0.1) is 12.5 Å². The summed E-state index contributed by atoms with van der Waals surface area (Å²) in [5.74, 6) is -0.280. The molecule has 3 N–H and O–H groups in total. The molecule has 1 atom stereocenters. The number of hydrogen-bond acceptors (Lipinski definition) is 5. The minimum Gasteiger partial charge on any atom is -0.508 e. The first-order valence-electron chi connectivity index (χ1n) is 7.63. The van der Waals surface area contributed by atoms with E-state index in [1.165, 1.54) is 12.1 Å². The van der Waals surface area contributed by atoms with Gasteiger partial charge in [0.1, 0.15) is 17.4 Å². The topological polar surface area (TPSA) is 111 Å². The van der Waals surface area contributed by atoms with Crippen LogP contribution in [0.2, 0.25) is 0 Å². The highest BCUT2D eigenvalue weighted by molar-refractivity contribution is 5.86. The molecule has 0 heterocycles. The molecular weight excluding hydrogens is 310 g/mol. The second-order valence-electron chi connectivity index (χ2n) is 6.27. The number of hydrogen-bond donors (Lipinski definition) is 3. The van der Waals surface area contributed by atoms with Gasteiger partial charge in [-0.1, -0.05) is 12.1 Å². The number of aromatic hydroxyl groups is 1. The lowest BCUT2D eigenvalue weighted by atomic mass is 10.1. The van der Waals surface area contributed by atoms with Crippen molar-refractivity contribution in [3.63, 3.8) is 0 Å². The molecule has 130 valence electrons. The summed E-state index contributed by atoms with van der Waals surface area (Å²) in [6.07, 6.45) is -0.274. The van der Waals surface area contributed by atoms with E-state index in [0.717, 1.165) is 5.56 Å². The molecule has 0 fully saturated rings. The number of phenolic OH excluding ortho intramolecular Hbond substituents is 1. The van der Waals surface area contributed by atoms with Gasteiger partial charge >= 0.3 is 6.09 Å². The monoisotopic (exact) mass is 333 g/mol. The average molecular weight is 333 g/mol. The van der Waals surface area contributed by atoms with Gasteiger partial charge in [-0.15, -0.1) is 0 Å². The predicted molar refractivity (Wildman–Crippen MR) is 88.2 cm³/mol. The van der Waals surface area contributed by atoms with Gasteiger partial charge < -0.3 is 20.5 Å². The minimum absolute atomic E-state index is 0.119. The standard InChI is InChI=1S/C17H23N3O4/c1-17(2,3)24-16(23)20-14(15(22)19-10-4-9-18)11-12-5-7-13(21)8-6-12/h5-8,14,21H,4,10-11H2,1-3H3,(H,19,22)(H,20,23). The van der Waals surface area contributed by atoms with Crippen LogP contribution in [-0.2, 0) is 16.0 Å². The first kappa shape index (κ1) is 19.3. The molecule has 24 heavy (non-hydrogen) atoms. The Bertz CT molecular complexity index is 600. The van der Waals surface area contributed by atoms with Crippen LogP contribution in [0.3, 0.4) is 0 Å². The zero-order valence-electron chi connectivity index (χ0n) is 14.1. The van der Waals surface area contributed by atoms with Gasteiger partial charge in [-0.3, -0.25) is 4.79 Å². The lowest BCUT2D eigenvalue weighted by molar-refractivity contribution is -0.123. The lowest BCUT2D eigenvalue weighted by Gasteiger charge is -2.23. The van der Waals surface area contributed by atoms with Crippen LogP contribution in [0.25, 0.3) is 0 Å². The third-order valence-corrected chi connectivity index (χ3v) is 2.92. The summed E-state index contributed by atoms with van der Waals surface area (Å²) in [4.78, 5) is 24.2. The summed E-state index contributed by atoms with van der Waals surface area (Å²) in [6, 6.07) is 7.44. The Labute approximate surface area is 141 Å². The largest absolute Gasteiger partial charge is 0.508 e. The maximum absolute atomic E-state index is 12.3. The van der Waals surface area contributed by atoms with Crippen molar-refractivity contribution >= 4 is 12.0 Å². The van der Waals surface area contributed by atoms with E-state index in [0.29, 0.717) is 0 Å². The molecule has 0 saturated carbocycles. The van der Waals surface area contributed by atoms with E-state index in [4.69, 9.17) is 10.00 Å². The molecule has 0 aliphatic heterocycles. The minimum atomic E-state index is -0.844. The Hall–Kier alpha value is -2.75. The van der Waals surface area contributed by atoms with Crippen LogP contribution in [0, 0.1) is 11.3 Å². The Kier molecular flexibility index (Phi) is 7.05. The summed E-state index contributed by atoms with van der Waals surface area (Å²) in [7, 11) is 0. The molecule has 2 amide bonds. The summed E-state index contributed by atoms with van der Waals surface area (Å²) in [5.41, 5.74) is 0.0917. The number of nitrogens with one attached hydrogen (secondary N) is 2. The van der Waals surface area contributed by atoms with E-state index >= 15 is 0 Å². The summed E-state index contributed by atoms with van der Waals surface area (Å²) in [5, 5.41) is 23.0. The van der Waals surface area contributed by atoms with E-state index < -0.39 is 23.6 Å². The number of alkyl carbamates (subject to hydrolysis) is 1. The molecule has 7 nitrogen and oxygen atoms in total. The van der Waals surface area contributed by atoms with Gasteiger partial charge in [0, 0.05) is 13.0 Å². The van der Waals surface area contributed by atoms with E-state index in [-0.39, 0.29) is 25.1 Å². The number of nitriles is 1. The van der Waals surface area contributed by atoms with E-state index in [1.807, 2.05) is 6.07 Å². The molecule has 0 radical (unpaired) electrons. The van der Waals surface area contributed by atoms with E-state index in [9.17, 15) is 14.7 Å². The first-order valence-corrected chi connectivity index (χ1v) is 7.63. The Morgan fingerprint density at radius 2 is 1.92 bits per heavy atom. The molecule has 0 saturated heterocycles. The van der Waals surface area contributed by atoms with Crippen LogP contribution in [0.5, 0.6) is 5.75 Å². The Morgan fingerprint density at radius 3 is 2.46 bits per heavy atom. The third-order valence-electron chi connectivity index (χ3n) is 2.92. The normalized spacial score (nSPS) is 11.9. The Morgan fingerprint density at radius 1 is 1.29 bits per heavy atom. The number of phenols is 1. The SMILES string of the molecule is CC(C)(C)OC(=O)NC(Cc1ccc(O)cc1)C(=O)NCCC#N. The molecule has 0 bridgehead atoms. The molecule has 7 heteroatoms. The zero-order valence-corrected chi connectivity index (χ0v) is 14.1. The predicted octanol–water partition coefficient (Wildman–Crippen LogP) is 1.86. The van der Waals surface area contributed by atoms with Crippen molar-refractivity contribution in [2.75, 3.05) is 6.54 Å². The molecule has 0 aromatic heterocycles. The molecule has 1 unspecified atom stereocenters. The van der Waals surface area contributed by atoms with Crippen LogP contribution in [-0.4, -0.2) is 35.3 Å². The van der Waals surface area contributed by atoms with Gasteiger partial charge in [-0.2, -0.15) is 5.26 Å². The van der Waals surface area contributed by atoms with Crippen molar-refractivity contribution in [1.82, 2.24) is 10.6 Å². The molecule has 0 spiro atoms. The van der Waals surface area contributed by atoms with Crippen molar-refractivity contribution in [3.05, 3.63) is 29.8 Å². The van der Waals surface area contributed by atoms with Crippen molar-refractivity contribution in [1.29, 1.82) is 5.26 Å². The van der Waals surface area contributed by atoms with Crippen LogP contribution < -0.4 is 10.6 Å². The van der Waals surface area contributed by atoms with Crippen molar-refractivity contribution in [2.24, 2.45) is 0 Å². The number of nitrogens with zero attached hydrogens (tertiary/aromatic N) is 1. The Balaban J connectivity index is 2.78. The lowest BCUT2D eigenvalue weighted by Crippen LogP contribution is -2.49. The number of carbonyl (C=O) groups excluding carboxylic acids is 2. The van der Waals surface area contributed by atoms with Crippen molar-refractivity contribution in [3.8, 4) is 11.8 Å². The summed E-state index contributed by atoms with van der Waals surface area (Å²) < 4.78 is 5.18. The number of amides is 2. The fourth-order valence-electron chi connectivity index (χ4n) is 1.89. The fourth-order valence-corrected chi connectivity index (χ4v) is 1.89. The van der Waals surface area contributed by atoms with Gasteiger partial charge in [0.15, 0.2) is 0 Å². The number of benzene rings is 1. The van der Waals surface area contributed by atoms with Crippen LogP contribution in [0.1, 0.15) is 32.8 Å². The second-order valence-corrected chi connectivity index (χ2v) is 6.27. The summed E-state index contributed by atoms with van der Waals surface area (Å²) >= 11 is 0. The van der Waals surface area contributed by atoms with Gasteiger partial charge in [0.2, 0.25) is 5.91 Å². The number of carbonyl (C=O) groups is 2. The van der Waals surface area contributed by atoms with Crippen LogP contribution in [0.15, 0.2) is 24.3 Å². The zero-order chi connectivity index (χ0) is 18.2. The maximum atomic E-state index is 12.3. The highest BCUT2D eigenvalue weighted by atomic mass is 16.6. The van der Waals surface area contributed by atoms with Crippen LogP contribution >= 0.6 is 0 Å². The van der Waals surface area contributed by atoms with Gasteiger partial charge in [-0.05, 0) is 38.5 Å². The van der Waals surface area contributed by atoms with E-state index in [2.05, 4.69) is 10.6 Å². The smallest absolute Gasteiger partial charge is 0.408 e. The molecule has 1 aromatic rings.